The number of amides is 1. The van der Waals surface area contributed by atoms with Crippen molar-refractivity contribution in [2.45, 2.75) is 38.1 Å². The summed E-state index contributed by atoms with van der Waals surface area (Å²) < 4.78 is 38.2. The summed E-state index contributed by atoms with van der Waals surface area (Å²) in [6.45, 7) is 4.96. The van der Waals surface area contributed by atoms with Gasteiger partial charge in [0, 0.05) is 44.2 Å². The lowest BCUT2D eigenvalue weighted by Gasteiger charge is -2.32. The minimum atomic E-state index is -3.55. The maximum atomic E-state index is 13.0. The molecule has 8 heteroatoms. The number of hydrogen-bond acceptors (Lipinski definition) is 5. The number of carbonyl (C=O) groups excluding carboxylic acids is 1. The van der Waals surface area contributed by atoms with E-state index in [0.717, 1.165) is 16.7 Å². The van der Waals surface area contributed by atoms with Crippen molar-refractivity contribution in [2.24, 2.45) is 5.92 Å². The molecule has 2 aromatic carbocycles. The third kappa shape index (κ3) is 5.07. The van der Waals surface area contributed by atoms with Crippen molar-refractivity contribution in [3.05, 3.63) is 53.1 Å². The fourth-order valence-corrected chi connectivity index (χ4v) is 5.55. The zero-order chi connectivity index (χ0) is 23.5. The number of piperidine rings is 1. The molecule has 1 amide bonds. The van der Waals surface area contributed by atoms with Gasteiger partial charge < -0.3 is 14.4 Å². The van der Waals surface area contributed by atoms with Crippen LogP contribution in [0.25, 0.3) is 0 Å². The molecule has 1 saturated heterocycles. The molecule has 3 rings (SSSR count). The first-order chi connectivity index (χ1) is 15.2. The molecule has 1 aliphatic heterocycles. The summed E-state index contributed by atoms with van der Waals surface area (Å²) in [5.41, 5.74) is 2.90. The predicted octanol–water partition coefficient (Wildman–Crippen LogP) is 3.38. The predicted molar refractivity (Wildman–Crippen MR) is 123 cm³/mol. The second-order valence-electron chi connectivity index (χ2n) is 8.30. The van der Waals surface area contributed by atoms with E-state index in [9.17, 15) is 13.2 Å². The molecular formula is C24H32N2O5S. The summed E-state index contributed by atoms with van der Waals surface area (Å²) in [6.07, 6.45) is 1.01. The third-order valence-electron chi connectivity index (χ3n) is 6.20. The van der Waals surface area contributed by atoms with E-state index in [1.165, 1.54) is 4.31 Å². The standard InChI is InChI=1S/C24H32N2O5S/c1-17-6-9-22(14-18(17)2)32(28,29)26-12-10-19(11-13-26)24(27)25(3)16-20-7-8-21(30-4)15-23(20)31-5/h6-9,14-15,19H,10-13,16H2,1-5H3. The highest BCUT2D eigenvalue weighted by Crippen LogP contribution is 2.28. The second kappa shape index (κ2) is 9.92. The molecule has 0 bridgehead atoms. The van der Waals surface area contributed by atoms with Crippen LogP contribution in [0.5, 0.6) is 11.5 Å². The number of nitrogens with zero attached hydrogens (tertiary/aromatic N) is 2. The van der Waals surface area contributed by atoms with Crippen LogP contribution in [-0.4, -0.2) is 57.9 Å². The van der Waals surface area contributed by atoms with Crippen LogP contribution in [0.3, 0.4) is 0 Å². The monoisotopic (exact) mass is 460 g/mol. The second-order valence-corrected chi connectivity index (χ2v) is 10.2. The van der Waals surface area contributed by atoms with E-state index in [2.05, 4.69) is 0 Å². The van der Waals surface area contributed by atoms with E-state index >= 15 is 0 Å². The van der Waals surface area contributed by atoms with Gasteiger partial charge in [-0.2, -0.15) is 4.31 Å². The number of carbonyl (C=O) groups is 1. The van der Waals surface area contributed by atoms with Crippen molar-refractivity contribution < 1.29 is 22.7 Å². The summed E-state index contributed by atoms with van der Waals surface area (Å²) in [4.78, 5) is 15.0. The fraction of sp³-hybridized carbons (Fsp3) is 0.458. The summed E-state index contributed by atoms with van der Waals surface area (Å²) in [7, 11) is 1.40. The zero-order valence-corrected chi connectivity index (χ0v) is 20.2. The Bertz CT molecular complexity index is 1080. The van der Waals surface area contributed by atoms with Crippen LogP contribution in [0, 0.1) is 19.8 Å². The normalized spacial score (nSPS) is 15.4. The first kappa shape index (κ1) is 24.1. The highest BCUT2D eigenvalue weighted by Gasteiger charge is 2.33. The summed E-state index contributed by atoms with van der Waals surface area (Å²) in [5.74, 6) is 1.18. The van der Waals surface area contributed by atoms with Gasteiger partial charge in [-0.3, -0.25) is 4.79 Å². The quantitative estimate of drug-likeness (QED) is 0.633. The Morgan fingerprint density at radius 2 is 1.72 bits per heavy atom. The topological polar surface area (TPSA) is 76.2 Å². The van der Waals surface area contributed by atoms with Crippen molar-refractivity contribution in [3.8, 4) is 11.5 Å². The molecule has 0 N–H and O–H groups in total. The third-order valence-corrected chi connectivity index (χ3v) is 8.09. The number of benzene rings is 2. The van der Waals surface area contributed by atoms with Crippen LogP contribution in [0.4, 0.5) is 0 Å². The van der Waals surface area contributed by atoms with Crippen molar-refractivity contribution in [2.75, 3.05) is 34.4 Å². The van der Waals surface area contributed by atoms with Gasteiger partial charge in [-0.05, 0) is 62.1 Å². The van der Waals surface area contributed by atoms with Gasteiger partial charge >= 0.3 is 0 Å². The molecule has 1 fully saturated rings. The Morgan fingerprint density at radius 1 is 1.03 bits per heavy atom. The Hall–Kier alpha value is -2.58. The highest BCUT2D eigenvalue weighted by atomic mass is 32.2. The molecule has 0 radical (unpaired) electrons. The Morgan fingerprint density at radius 3 is 2.31 bits per heavy atom. The highest BCUT2D eigenvalue weighted by molar-refractivity contribution is 7.89. The number of aryl methyl sites for hydroxylation is 2. The molecule has 174 valence electrons. The average molecular weight is 461 g/mol. The van der Waals surface area contributed by atoms with Gasteiger partial charge in [0.1, 0.15) is 11.5 Å². The van der Waals surface area contributed by atoms with E-state index < -0.39 is 10.0 Å². The number of sulfonamides is 1. The molecule has 0 aliphatic carbocycles. The largest absolute Gasteiger partial charge is 0.497 e. The maximum Gasteiger partial charge on any atom is 0.243 e. The maximum absolute atomic E-state index is 13.0. The van der Waals surface area contributed by atoms with Crippen LogP contribution < -0.4 is 9.47 Å². The van der Waals surface area contributed by atoms with E-state index in [-0.39, 0.29) is 11.8 Å². The first-order valence-electron chi connectivity index (χ1n) is 10.7. The summed E-state index contributed by atoms with van der Waals surface area (Å²) in [5, 5.41) is 0. The minimum absolute atomic E-state index is 0.0195. The number of ether oxygens (including phenoxy) is 2. The van der Waals surface area contributed by atoms with Gasteiger partial charge in [0.05, 0.1) is 19.1 Å². The summed E-state index contributed by atoms with van der Waals surface area (Å²) in [6, 6.07) is 10.7. The lowest BCUT2D eigenvalue weighted by molar-refractivity contribution is -0.135. The average Bonchev–Trinajstić information content (AvgIpc) is 2.80. The lowest BCUT2D eigenvalue weighted by atomic mass is 9.96. The van der Waals surface area contributed by atoms with Gasteiger partial charge in [0.2, 0.25) is 15.9 Å². The van der Waals surface area contributed by atoms with Crippen molar-refractivity contribution >= 4 is 15.9 Å². The zero-order valence-electron chi connectivity index (χ0n) is 19.4. The molecule has 0 saturated carbocycles. The van der Waals surface area contributed by atoms with Crippen LogP contribution >= 0.6 is 0 Å². The van der Waals surface area contributed by atoms with Gasteiger partial charge in [0.25, 0.3) is 0 Å². The van der Waals surface area contributed by atoms with Gasteiger partial charge in [-0.1, -0.05) is 6.07 Å². The summed E-state index contributed by atoms with van der Waals surface area (Å²) >= 11 is 0. The smallest absolute Gasteiger partial charge is 0.243 e. The fourth-order valence-electron chi connectivity index (χ4n) is 3.99. The number of hydrogen-bond donors (Lipinski definition) is 0. The van der Waals surface area contributed by atoms with E-state index in [1.807, 2.05) is 32.0 Å². The van der Waals surface area contributed by atoms with Crippen molar-refractivity contribution in [1.82, 2.24) is 9.21 Å². The van der Waals surface area contributed by atoms with Crippen LogP contribution in [0.2, 0.25) is 0 Å². The van der Waals surface area contributed by atoms with Crippen LogP contribution in [0.15, 0.2) is 41.3 Å². The lowest BCUT2D eigenvalue weighted by Crippen LogP contribution is -2.43. The molecule has 1 aliphatic rings. The Kier molecular flexibility index (Phi) is 7.46. The van der Waals surface area contributed by atoms with Gasteiger partial charge in [0.15, 0.2) is 0 Å². The number of methoxy groups -OCH3 is 2. The Balaban J connectivity index is 1.63. The van der Waals surface area contributed by atoms with Crippen molar-refractivity contribution in [3.63, 3.8) is 0 Å². The molecule has 0 atom stereocenters. The van der Waals surface area contributed by atoms with E-state index in [0.29, 0.717) is 48.9 Å². The van der Waals surface area contributed by atoms with Crippen LogP contribution in [0.1, 0.15) is 29.5 Å². The van der Waals surface area contributed by atoms with E-state index in [4.69, 9.17) is 9.47 Å². The molecule has 0 spiro atoms. The van der Waals surface area contributed by atoms with Crippen molar-refractivity contribution in [1.29, 1.82) is 0 Å². The first-order valence-corrected chi connectivity index (χ1v) is 12.1. The molecular weight excluding hydrogens is 428 g/mol. The molecule has 2 aromatic rings. The molecule has 0 aromatic heterocycles. The van der Waals surface area contributed by atoms with E-state index in [1.54, 1.807) is 44.4 Å². The Labute approximate surface area is 191 Å². The van der Waals surface area contributed by atoms with Gasteiger partial charge in [-0.15, -0.1) is 0 Å². The number of rotatable bonds is 7. The molecule has 0 unspecified atom stereocenters. The van der Waals surface area contributed by atoms with Crippen LogP contribution in [-0.2, 0) is 21.4 Å². The van der Waals surface area contributed by atoms with Gasteiger partial charge in [-0.25, -0.2) is 8.42 Å². The SMILES string of the molecule is COc1ccc(CN(C)C(=O)C2CCN(S(=O)(=O)c3ccc(C)c(C)c3)CC2)c(OC)c1. The molecule has 32 heavy (non-hydrogen) atoms. The minimum Gasteiger partial charge on any atom is -0.497 e. The molecule has 7 nitrogen and oxygen atoms in total. The molecule has 1 heterocycles.